The number of alkyl halides is 1. The predicted octanol–water partition coefficient (Wildman–Crippen LogP) is 7.45. The van der Waals surface area contributed by atoms with Crippen molar-refractivity contribution in [3.05, 3.63) is 107 Å². The zero-order valence-electron chi connectivity index (χ0n) is 27.5. The molecule has 2 amide bonds. The van der Waals surface area contributed by atoms with Crippen molar-refractivity contribution in [3.8, 4) is 11.5 Å². The summed E-state index contributed by atoms with van der Waals surface area (Å²) in [6.45, 7) is 5.75. The molecule has 5 aromatic carbocycles. The fourth-order valence-electron chi connectivity index (χ4n) is 7.43. The molecule has 2 aliphatic heterocycles. The van der Waals surface area contributed by atoms with Crippen molar-refractivity contribution in [2.45, 2.75) is 45.4 Å². The summed E-state index contributed by atoms with van der Waals surface area (Å²) in [5, 5.41) is 3.50. The van der Waals surface area contributed by atoms with E-state index in [4.69, 9.17) is 21.1 Å². The lowest BCUT2D eigenvalue weighted by Crippen LogP contribution is -2.32. The topological polar surface area (TPSA) is 93.2 Å². The second-order valence-electron chi connectivity index (χ2n) is 12.8. The third-order valence-electron chi connectivity index (χ3n) is 9.39. The number of ether oxygens (including phenoxy) is 2. The second-order valence-corrected chi connectivity index (χ2v) is 13.1. The van der Waals surface area contributed by atoms with E-state index in [0.29, 0.717) is 36.2 Å². The number of rotatable bonds is 7. The first-order valence-corrected chi connectivity index (χ1v) is 16.9. The third-order valence-corrected chi connectivity index (χ3v) is 9.77. The molecule has 0 unspecified atom stereocenters. The fraction of sp³-hybridized carbons (Fsp3) is 0.250. The Morgan fingerprint density at radius 1 is 0.653 bits per heavy atom. The number of carbonyl (C=O) groups excluding carboxylic acids is 4. The zero-order chi connectivity index (χ0) is 34.4. The highest BCUT2D eigenvalue weighted by Gasteiger charge is 2.35. The molecule has 0 bridgehead atoms. The number of halogens is 1. The highest BCUT2D eigenvalue weighted by atomic mass is 35.5. The maximum Gasteiger partial charge on any atom is 0.308 e. The lowest BCUT2D eigenvalue weighted by Gasteiger charge is -2.20. The van der Waals surface area contributed by atoms with Gasteiger partial charge in [0.2, 0.25) is 11.8 Å². The lowest BCUT2D eigenvalue weighted by atomic mass is 9.95. The van der Waals surface area contributed by atoms with Crippen molar-refractivity contribution in [1.82, 2.24) is 0 Å². The average Bonchev–Trinajstić information content (AvgIpc) is 3.62. The van der Waals surface area contributed by atoms with Crippen molar-refractivity contribution >= 4 is 68.3 Å². The van der Waals surface area contributed by atoms with Crippen LogP contribution in [0.4, 0.5) is 11.4 Å². The summed E-state index contributed by atoms with van der Waals surface area (Å²) in [5.74, 6) is 0.128. The first-order chi connectivity index (χ1) is 23.6. The van der Waals surface area contributed by atoms with Gasteiger partial charge in [0, 0.05) is 67.6 Å². The largest absolute Gasteiger partial charge is 0.426 e. The first kappa shape index (κ1) is 32.3. The van der Waals surface area contributed by atoms with Gasteiger partial charge in [-0.2, -0.15) is 0 Å². The van der Waals surface area contributed by atoms with Gasteiger partial charge in [-0.3, -0.25) is 19.2 Å². The highest BCUT2D eigenvalue weighted by molar-refractivity contribution is 6.19. The van der Waals surface area contributed by atoms with Gasteiger partial charge >= 0.3 is 11.9 Å². The number of benzene rings is 5. The van der Waals surface area contributed by atoms with E-state index in [1.807, 2.05) is 72.8 Å². The summed E-state index contributed by atoms with van der Waals surface area (Å²) >= 11 is 6.43. The van der Waals surface area contributed by atoms with Gasteiger partial charge in [-0.25, -0.2) is 0 Å². The van der Waals surface area contributed by atoms with E-state index in [1.54, 1.807) is 21.9 Å². The van der Waals surface area contributed by atoms with Gasteiger partial charge in [-0.05, 0) is 33.0 Å². The Morgan fingerprint density at radius 3 is 1.63 bits per heavy atom. The van der Waals surface area contributed by atoms with E-state index in [9.17, 15) is 19.2 Å². The minimum atomic E-state index is -0.439. The Kier molecular flexibility index (Phi) is 8.59. The molecule has 2 aliphatic rings. The van der Waals surface area contributed by atoms with Crippen LogP contribution in [0.2, 0.25) is 0 Å². The fourth-order valence-corrected chi connectivity index (χ4v) is 7.69. The van der Waals surface area contributed by atoms with Crippen LogP contribution in [0.1, 0.15) is 54.9 Å². The molecule has 0 aliphatic carbocycles. The molecule has 2 heterocycles. The minimum absolute atomic E-state index is 0.0786. The molecule has 8 nitrogen and oxygen atoms in total. The average molecular weight is 675 g/mol. The molecule has 7 rings (SSSR count). The van der Waals surface area contributed by atoms with E-state index >= 15 is 0 Å². The van der Waals surface area contributed by atoms with Crippen LogP contribution in [0.15, 0.2) is 84.9 Å². The standard InChI is InChI=1S/C40H35ClN2O6/c1-23-21-42(33-18-35(48-24(2)44)29-11-4-6-13-31(29)39(23)33)37(46)16-26-9-8-10-27(15-26)17-38(47)43-22-28(20-41)40-32-14-7-5-12-30(32)36(19-34(40)43)49-25(3)45/h4-15,18-19,23,28H,16-17,20-22H2,1-3H3/t23-,28-/m1/s1. The molecule has 2 atom stereocenters. The maximum absolute atomic E-state index is 13.9. The van der Waals surface area contributed by atoms with Crippen LogP contribution in [0.5, 0.6) is 11.5 Å². The molecule has 0 saturated carbocycles. The highest BCUT2D eigenvalue weighted by Crippen LogP contribution is 2.47. The van der Waals surface area contributed by atoms with Crippen LogP contribution in [-0.2, 0) is 32.0 Å². The number of hydrogen-bond donors (Lipinski definition) is 0. The molecular weight excluding hydrogens is 640 g/mol. The van der Waals surface area contributed by atoms with E-state index in [-0.39, 0.29) is 36.5 Å². The van der Waals surface area contributed by atoms with Gasteiger partial charge < -0.3 is 19.3 Å². The minimum Gasteiger partial charge on any atom is -0.426 e. The van der Waals surface area contributed by atoms with Gasteiger partial charge in [-0.1, -0.05) is 79.7 Å². The van der Waals surface area contributed by atoms with Crippen LogP contribution >= 0.6 is 11.6 Å². The molecule has 0 saturated heterocycles. The molecule has 248 valence electrons. The van der Waals surface area contributed by atoms with Crippen molar-refractivity contribution in [1.29, 1.82) is 0 Å². The Balaban J connectivity index is 1.14. The molecule has 5 aromatic rings. The quantitative estimate of drug-likeness (QED) is 0.101. The van der Waals surface area contributed by atoms with Crippen LogP contribution in [-0.4, -0.2) is 42.7 Å². The summed E-state index contributed by atoms with van der Waals surface area (Å²) in [6, 6.07) is 26.6. The number of carbonyl (C=O) groups is 4. The number of fused-ring (bicyclic) bond motifs is 6. The van der Waals surface area contributed by atoms with E-state index in [1.165, 1.54) is 13.8 Å². The Bertz CT molecular complexity index is 2180. The van der Waals surface area contributed by atoms with Crippen LogP contribution in [0.25, 0.3) is 21.5 Å². The molecule has 0 N–H and O–H groups in total. The summed E-state index contributed by atoms with van der Waals surface area (Å²) < 4.78 is 11.1. The summed E-state index contributed by atoms with van der Waals surface area (Å²) in [6.07, 6.45) is 0.260. The van der Waals surface area contributed by atoms with Crippen molar-refractivity contribution in [2.24, 2.45) is 0 Å². The molecule has 0 aromatic heterocycles. The van der Waals surface area contributed by atoms with Crippen LogP contribution in [0, 0.1) is 0 Å². The molecule has 0 spiro atoms. The van der Waals surface area contributed by atoms with E-state index in [0.717, 1.165) is 49.5 Å². The number of esters is 2. The van der Waals surface area contributed by atoms with E-state index in [2.05, 4.69) is 6.92 Å². The van der Waals surface area contributed by atoms with Gasteiger partial charge in [-0.15, -0.1) is 11.6 Å². The van der Waals surface area contributed by atoms with Crippen molar-refractivity contribution in [3.63, 3.8) is 0 Å². The summed E-state index contributed by atoms with van der Waals surface area (Å²) in [5.41, 5.74) is 5.05. The zero-order valence-corrected chi connectivity index (χ0v) is 28.3. The van der Waals surface area contributed by atoms with Crippen LogP contribution in [0.3, 0.4) is 0 Å². The number of anilines is 2. The second kappa shape index (κ2) is 13.0. The van der Waals surface area contributed by atoms with Gasteiger partial charge in [0.05, 0.1) is 24.2 Å². The molecule has 9 heteroatoms. The van der Waals surface area contributed by atoms with Crippen molar-refractivity contribution in [2.75, 3.05) is 28.8 Å². The normalized spacial score (nSPS) is 16.5. The number of nitrogens with zero attached hydrogens (tertiary/aromatic N) is 2. The Morgan fingerprint density at radius 2 is 1.12 bits per heavy atom. The smallest absolute Gasteiger partial charge is 0.308 e. The van der Waals surface area contributed by atoms with Gasteiger partial charge in [0.25, 0.3) is 0 Å². The SMILES string of the molecule is CC(=O)Oc1cc2c(c3ccccc13)[C@H](CCl)CN2C(=O)Cc1cccc(CC(=O)N2C[C@@H](C)c3c2cc(OC(C)=O)c2ccccc32)c1. The van der Waals surface area contributed by atoms with Crippen molar-refractivity contribution < 1.29 is 28.7 Å². The first-order valence-electron chi connectivity index (χ1n) is 16.4. The van der Waals surface area contributed by atoms with Gasteiger partial charge in [0.15, 0.2) is 0 Å². The number of amides is 2. The monoisotopic (exact) mass is 674 g/mol. The van der Waals surface area contributed by atoms with Gasteiger partial charge in [0.1, 0.15) is 11.5 Å². The Labute approximate surface area is 289 Å². The van der Waals surface area contributed by atoms with Crippen LogP contribution < -0.4 is 19.3 Å². The molecular formula is C40H35ClN2O6. The number of hydrogen-bond acceptors (Lipinski definition) is 6. The third kappa shape index (κ3) is 6.02. The Hall–Kier alpha value is -5.21. The molecule has 0 radical (unpaired) electrons. The predicted molar refractivity (Wildman–Crippen MR) is 191 cm³/mol. The summed E-state index contributed by atoms with van der Waals surface area (Å²) in [4.78, 5) is 55.1. The lowest BCUT2D eigenvalue weighted by molar-refractivity contribution is -0.132. The molecule has 49 heavy (non-hydrogen) atoms. The summed E-state index contributed by atoms with van der Waals surface area (Å²) in [7, 11) is 0. The molecule has 0 fully saturated rings. The van der Waals surface area contributed by atoms with E-state index < -0.39 is 11.9 Å². The maximum atomic E-state index is 13.9.